The van der Waals surface area contributed by atoms with Gasteiger partial charge in [-0.1, -0.05) is 182 Å². The number of alkyl carbamates (subject to hydrolysis) is 1. The Labute approximate surface area is 438 Å². The molecule has 3 N–H and O–H groups in total. The van der Waals surface area contributed by atoms with Crippen LogP contribution in [0.4, 0.5) is 9.18 Å². The number of carbonyl (C=O) groups is 4. The topological polar surface area (TPSA) is 169 Å². The van der Waals surface area contributed by atoms with Gasteiger partial charge in [-0.2, -0.15) is 0 Å². The van der Waals surface area contributed by atoms with Crippen molar-refractivity contribution in [1.82, 2.24) is 16.0 Å². The Morgan fingerprint density at radius 3 is 1.43 bits per heavy atom. The molecule has 15 heteroatoms. The van der Waals surface area contributed by atoms with Gasteiger partial charge in [0.05, 0.1) is 33.0 Å². The summed E-state index contributed by atoms with van der Waals surface area (Å²) in [4.78, 5) is 53.6. The minimum atomic E-state index is -2.25. The van der Waals surface area contributed by atoms with Crippen molar-refractivity contribution in [3.05, 3.63) is 215 Å². The lowest BCUT2D eigenvalue weighted by Crippen LogP contribution is -2.64. The van der Waals surface area contributed by atoms with E-state index in [-0.39, 0.29) is 65.6 Å². The molecular weight excluding hydrogens is 958 g/mol. The van der Waals surface area contributed by atoms with Gasteiger partial charge in [0.15, 0.2) is 0 Å². The minimum absolute atomic E-state index is 0.0108. The van der Waals surface area contributed by atoms with E-state index in [0.29, 0.717) is 6.42 Å². The zero-order valence-electron chi connectivity index (χ0n) is 42.1. The number of hydrogen-bond acceptors (Lipinski definition) is 11. The smallest absolute Gasteiger partial charge is 0.408 e. The van der Waals surface area contributed by atoms with Crippen LogP contribution in [0.25, 0.3) is 0 Å². The maximum Gasteiger partial charge on any atom is 0.408 e. The van der Waals surface area contributed by atoms with Crippen molar-refractivity contribution < 1.29 is 56.7 Å². The number of benzene rings is 6. The number of amides is 3. The molecule has 1 aliphatic heterocycles. The zero-order chi connectivity index (χ0) is 52.5. The monoisotopic (exact) mass is 1020 g/mol. The normalized spacial score (nSPS) is 18.4. The number of rotatable bonds is 28. The summed E-state index contributed by atoms with van der Waals surface area (Å²) in [7, 11) is 0. The summed E-state index contributed by atoms with van der Waals surface area (Å²) in [6, 6.07) is 54.2. The van der Waals surface area contributed by atoms with Crippen LogP contribution in [0, 0.1) is 0 Å². The quantitative estimate of drug-likeness (QED) is 0.0317. The molecule has 0 radical (unpaired) electrons. The number of nitrogens with one attached hydrogen (secondary N) is 3. The van der Waals surface area contributed by atoms with Gasteiger partial charge < -0.3 is 49.1 Å². The fourth-order valence-electron chi connectivity index (χ4n) is 8.39. The van der Waals surface area contributed by atoms with Crippen molar-refractivity contribution in [3.63, 3.8) is 0 Å². The van der Waals surface area contributed by atoms with E-state index >= 15 is 4.39 Å². The average Bonchev–Trinajstić information content (AvgIpc) is 3.45. The van der Waals surface area contributed by atoms with Crippen molar-refractivity contribution in [2.24, 2.45) is 0 Å². The maximum atomic E-state index is 17.2. The highest BCUT2D eigenvalue weighted by atomic mass is 19.1. The first-order valence-electron chi connectivity index (χ1n) is 25.3. The van der Waals surface area contributed by atoms with E-state index in [1.54, 1.807) is 12.1 Å². The van der Waals surface area contributed by atoms with Gasteiger partial charge in [0, 0.05) is 6.54 Å². The maximum absolute atomic E-state index is 17.2. The number of unbranched alkanes of at least 4 members (excludes halogenated alkanes) is 1. The molecule has 8 atom stereocenters. The number of hydrogen-bond donors (Lipinski definition) is 3. The summed E-state index contributed by atoms with van der Waals surface area (Å²) in [5.74, 6) is -2.24. The van der Waals surface area contributed by atoms with E-state index < -0.39 is 72.7 Å². The van der Waals surface area contributed by atoms with Crippen molar-refractivity contribution in [3.8, 4) is 0 Å². The third-order valence-corrected chi connectivity index (χ3v) is 12.4. The molecule has 7 rings (SSSR count). The summed E-state index contributed by atoms with van der Waals surface area (Å²) < 4.78 is 61.0. The Hall–Kier alpha value is -7.27. The first kappa shape index (κ1) is 55.5. The molecule has 1 saturated heterocycles. The van der Waals surface area contributed by atoms with E-state index in [1.807, 2.05) is 170 Å². The van der Waals surface area contributed by atoms with Crippen molar-refractivity contribution in [1.29, 1.82) is 0 Å². The fraction of sp³-hybridized carbons (Fsp3) is 0.333. The molecule has 75 heavy (non-hydrogen) atoms. The molecule has 6 aromatic rings. The molecule has 1 aliphatic rings. The number of halogens is 1. The van der Waals surface area contributed by atoms with E-state index in [2.05, 4.69) is 16.0 Å². The summed E-state index contributed by atoms with van der Waals surface area (Å²) >= 11 is 0. The summed E-state index contributed by atoms with van der Waals surface area (Å²) in [6.45, 7) is 2.07. The van der Waals surface area contributed by atoms with Crippen molar-refractivity contribution in [2.75, 3.05) is 13.2 Å². The van der Waals surface area contributed by atoms with Gasteiger partial charge in [-0.15, -0.1) is 0 Å². The lowest BCUT2D eigenvalue weighted by Gasteiger charge is -2.46. The summed E-state index contributed by atoms with van der Waals surface area (Å²) in [5.41, 5.74) is 5.03. The third kappa shape index (κ3) is 18.3. The lowest BCUT2D eigenvalue weighted by atomic mass is 9.91. The van der Waals surface area contributed by atoms with E-state index in [1.165, 1.54) is 6.92 Å². The zero-order valence-corrected chi connectivity index (χ0v) is 42.1. The fourth-order valence-corrected chi connectivity index (χ4v) is 8.39. The second-order valence-corrected chi connectivity index (χ2v) is 18.2. The van der Waals surface area contributed by atoms with Crippen LogP contribution in [-0.2, 0) is 87.2 Å². The third-order valence-electron chi connectivity index (χ3n) is 12.4. The Morgan fingerprint density at radius 1 is 0.507 bits per heavy atom. The SMILES string of the molecule is CC(NC(=O)C(CCCCNC(=O)C(F)[C@@H]1O[C@H](COCc2ccccc2)[C@@H](OCc2ccccc2)[C@H](OCc2ccccc2)[C@H]1OCc1ccccc1)NC(=O)OCc1ccccc1)C(=O)OCc1ccccc1. The standard InChI is InChI=1S/C60H66FN3O11/c1-43(59(67)73-40-48-30-16-6-17-31-48)63-57(65)50(64-60(68)74-41-49-32-18-7-19-33-49)34-20-21-35-62-58(66)52(61)54-56(72-39-47-28-14-5-15-29-47)55(71-38-46-26-12-4-13-27-46)53(70-37-45-24-10-3-11-25-45)51(75-54)42-69-36-44-22-8-2-9-23-44/h2-19,22-33,43,50-56H,20-21,34-42H2,1H3,(H,62,66)(H,63,65)(H,64,68)/t43?,50?,51-,52?,53-,54+,55+,56+/m1/s1. The molecule has 14 nitrogen and oxygen atoms in total. The Bertz CT molecular complexity index is 2610. The number of alkyl halides is 1. The molecule has 1 heterocycles. The highest BCUT2D eigenvalue weighted by Gasteiger charge is 2.52. The largest absolute Gasteiger partial charge is 0.459 e. The first-order valence-corrected chi connectivity index (χ1v) is 25.3. The molecule has 0 aliphatic carbocycles. The molecule has 3 amide bonds. The van der Waals surface area contributed by atoms with Gasteiger partial charge in [0.1, 0.15) is 55.8 Å². The highest BCUT2D eigenvalue weighted by molar-refractivity contribution is 5.89. The van der Waals surface area contributed by atoms with Gasteiger partial charge >= 0.3 is 12.1 Å². The van der Waals surface area contributed by atoms with Crippen molar-refractivity contribution >= 4 is 23.9 Å². The molecule has 394 valence electrons. The van der Waals surface area contributed by atoms with Crippen LogP contribution in [-0.4, -0.2) is 85.8 Å². The molecule has 1 fully saturated rings. The van der Waals surface area contributed by atoms with Gasteiger partial charge in [0.25, 0.3) is 5.91 Å². The molecule has 0 spiro atoms. The predicted octanol–water partition coefficient (Wildman–Crippen LogP) is 8.89. The van der Waals surface area contributed by atoms with Crippen LogP contribution in [0.3, 0.4) is 0 Å². The van der Waals surface area contributed by atoms with Gasteiger partial charge in [0.2, 0.25) is 12.1 Å². The van der Waals surface area contributed by atoms with Crippen molar-refractivity contribution in [2.45, 2.75) is 115 Å². The molecule has 6 aromatic carbocycles. The van der Waals surface area contributed by atoms with Crippen LogP contribution < -0.4 is 16.0 Å². The second-order valence-electron chi connectivity index (χ2n) is 18.2. The van der Waals surface area contributed by atoms with Crippen LogP contribution in [0.2, 0.25) is 0 Å². The Kier molecular flexibility index (Phi) is 22.3. The average molecular weight is 1020 g/mol. The molecular formula is C60H66FN3O11. The van der Waals surface area contributed by atoms with Crippen LogP contribution in [0.5, 0.6) is 0 Å². The predicted molar refractivity (Wildman–Crippen MR) is 279 cm³/mol. The van der Waals surface area contributed by atoms with E-state index in [0.717, 1.165) is 33.4 Å². The Morgan fingerprint density at radius 2 is 0.933 bits per heavy atom. The minimum Gasteiger partial charge on any atom is -0.459 e. The van der Waals surface area contributed by atoms with Gasteiger partial charge in [-0.25, -0.2) is 14.0 Å². The van der Waals surface area contributed by atoms with E-state index in [9.17, 15) is 19.2 Å². The highest BCUT2D eigenvalue weighted by Crippen LogP contribution is 2.33. The molecule has 3 unspecified atom stereocenters. The molecule has 0 saturated carbocycles. The number of esters is 1. The van der Waals surface area contributed by atoms with Gasteiger partial charge in [-0.3, -0.25) is 9.59 Å². The lowest BCUT2D eigenvalue weighted by molar-refractivity contribution is -0.280. The molecule has 0 bridgehead atoms. The van der Waals surface area contributed by atoms with Gasteiger partial charge in [-0.05, 0) is 59.6 Å². The summed E-state index contributed by atoms with van der Waals surface area (Å²) in [6.07, 6.45) is -7.74. The van der Waals surface area contributed by atoms with E-state index in [4.69, 9.17) is 33.2 Å². The first-order chi connectivity index (χ1) is 36.7. The van der Waals surface area contributed by atoms with Crippen LogP contribution in [0.15, 0.2) is 182 Å². The summed E-state index contributed by atoms with van der Waals surface area (Å²) in [5, 5.41) is 7.97. The number of ether oxygens (including phenoxy) is 7. The van der Waals surface area contributed by atoms with Crippen LogP contribution in [0.1, 0.15) is 59.6 Å². The Balaban J connectivity index is 1.04. The molecule has 0 aromatic heterocycles. The van der Waals surface area contributed by atoms with Crippen LogP contribution >= 0.6 is 0 Å². The second kappa shape index (κ2) is 30.2. The number of carbonyl (C=O) groups excluding carboxylic acids is 4.